The van der Waals surface area contributed by atoms with Gasteiger partial charge in [-0.25, -0.2) is 4.39 Å². The van der Waals surface area contributed by atoms with E-state index in [1.807, 2.05) is 13.8 Å². The smallest absolute Gasteiger partial charge is 0.285 e. The monoisotopic (exact) mass is 295 g/mol. The summed E-state index contributed by atoms with van der Waals surface area (Å²) in [6, 6.07) is 2.06. The molecule has 0 radical (unpaired) electrons. The highest BCUT2D eigenvalue weighted by Gasteiger charge is 2.35. The Kier molecular flexibility index (Phi) is 4.40. The fourth-order valence-corrected chi connectivity index (χ4v) is 2.06. The van der Waals surface area contributed by atoms with Crippen LogP contribution < -0.4 is 10.6 Å². The molecule has 0 aliphatic heterocycles. The van der Waals surface area contributed by atoms with E-state index in [1.54, 1.807) is 0 Å². The molecule has 1 aromatic rings. The van der Waals surface area contributed by atoms with Gasteiger partial charge in [0.15, 0.2) is 5.82 Å². The van der Waals surface area contributed by atoms with E-state index < -0.39 is 22.3 Å². The van der Waals surface area contributed by atoms with Crippen molar-refractivity contribution in [2.24, 2.45) is 5.92 Å². The number of nitro benzene ring substituents is 1. The molecule has 1 fully saturated rings. The topological polar surface area (TPSA) is 84.3 Å². The van der Waals surface area contributed by atoms with E-state index in [0.717, 1.165) is 18.9 Å². The van der Waals surface area contributed by atoms with Crippen molar-refractivity contribution >= 4 is 17.3 Å². The van der Waals surface area contributed by atoms with E-state index in [1.165, 1.54) is 6.07 Å². The SMILES string of the molecule is CCCNc1cc(C(=O)NC2CC2C)c([N+](=O)[O-])cc1F. The second kappa shape index (κ2) is 6.07. The average Bonchev–Trinajstić information content (AvgIpc) is 3.12. The lowest BCUT2D eigenvalue weighted by atomic mass is 10.1. The zero-order chi connectivity index (χ0) is 15.6. The van der Waals surface area contributed by atoms with Gasteiger partial charge < -0.3 is 10.6 Å². The summed E-state index contributed by atoms with van der Waals surface area (Å²) >= 11 is 0. The molecule has 0 saturated heterocycles. The van der Waals surface area contributed by atoms with E-state index in [9.17, 15) is 19.3 Å². The summed E-state index contributed by atoms with van der Waals surface area (Å²) in [7, 11) is 0. The van der Waals surface area contributed by atoms with Crippen LogP contribution in [-0.2, 0) is 0 Å². The number of carbonyl (C=O) groups excluding carboxylic acids is 1. The van der Waals surface area contributed by atoms with Gasteiger partial charge in [0.25, 0.3) is 11.6 Å². The van der Waals surface area contributed by atoms with Gasteiger partial charge >= 0.3 is 0 Å². The lowest BCUT2D eigenvalue weighted by Gasteiger charge is -2.10. The van der Waals surface area contributed by atoms with E-state index >= 15 is 0 Å². The van der Waals surface area contributed by atoms with Crippen LogP contribution in [0.2, 0.25) is 0 Å². The summed E-state index contributed by atoms with van der Waals surface area (Å²) < 4.78 is 13.8. The van der Waals surface area contributed by atoms with Gasteiger partial charge in [-0.2, -0.15) is 0 Å². The first kappa shape index (κ1) is 15.2. The summed E-state index contributed by atoms with van der Waals surface area (Å²) in [4.78, 5) is 22.4. The predicted molar refractivity (Wildman–Crippen MR) is 76.9 cm³/mol. The third-order valence-electron chi connectivity index (χ3n) is 3.52. The largest absolute Gasteiger partial charge is 0.383 e. The molecule has 0 spiro atoms. The molecule has 7 heteroatoms. The average molecular weight is 295 g/mol. The van der Waals surface area contributed by atoms with Crippen molar-refractivity contribution in [2.75, 3.05) is 11.9 Å². The first-order chi connectivity index (χ1) is 9.93. The highest BCUT2D eigenvalue weighted by molar-refractivity contribution is 5.99. The first-order valence-corrected chi connectivity index (χ1v) is 6.96. The second-order valence-corrected chi connectivity index (χ2v) is 5.33. The number of hydrogen-bond donors (Lipinski definition) is 2. The highest BCUT2D eigenvalue weighted by atomic mass is 19.1. The van der Waals surface area contributed by atoms with Crippen LogP contribution in [0.3, 0.4) is 0 Å². The van der Waals surface area contributed by atoms with Crippen molar-refractivity contribution in [3.05, 3.63) is 33.6 Å². The van der Waals surface area contributed by atoms with Crippen molar-refractivity contribution in [2.45, 2.75) is 32.7 Å². The Hall–Kier alpha value is -2.18. The number of benzene rings is 1. The number of carbonyl (C=O) groups is 1. The molecule has 1 amide bonds. The molecule has 1 aliphatic carbocycles. The molecule has 0 aromatic heterocycles. The Morgan fingerprint density at radius 3 is 2.71 bits per heavy atom. The Balaban J connectivity index is 2.30. The van der Waals surface area contributed by atoms with Gasteiger partial charge in [-0.15, -0.1) is 0 Å². The quantitative estimate of drug-likeness (QED) is 0.624. The Labute approximate surface area is 121 Å². The van der Waals surface area contributed by atoms with Gasteiger partial charge in [0.1, 0.15) is 5.56 Å². The standard InChI is InChI=1S/C14H18FN3O3/c1-3-4-16-12-6-9(13(18(20)21)7-10(12)15)14(19)17-11-5-8(11)2/h6-8,11,16H,3-5H2,1-2H3,(H,17,19). The molecular weight excluding hydrogens is 277 g/mol. The molecule has 0 bridgehead atoms. The van der Waals surface area contributed by atoms with Gasteiger partial charge in [-0.05, 0) is 24.8 Å². The normalized spacial score (nSPS) is 20.0. The van der Waals surface area contributed by atoms with Crippen LogP contribution in [0, 0.1) is 21.8 Å². The van der Waals surface area contributed by atoms with Crippen LogP contribution in [0.25, 0.3) is 0 Å². The minimum Gasteiger partial charge on any atom is -0.383 e. The van der Waals surface area contributed by atoms with Crippen LogP contribution >= 0.6 is 0 Å². The minimum atomic E-state index is -0.738. The third kappa shape index (κ3) is 3.48. The number of halogens is 1. The maximum absolute atomic E-state index is 13.8. The maximum Gasteiger partial charge on any atom is 0.285 e. The third-order valence-corrected chi connectivity index (χ3v) is 3.52. The summed E-state index contributed by atoms with van der Waals surface area (Å²) in [6.45, 7) is 4.42. The fourth-order valence-electron chi connectivity index (χ4n) is 2.06. The number of rotatable bonds is 6. The molecule has 2 unspecified atom stereocenters. The van der Waals surface area contributed by atoms with Gasteiger partial charge in [0.2, 0.25) is 0 Å². The van der Waals surface area contributed by atoms with Gasteiger partial charge in [-0.3, -0.25) is 14.9 Å². The van der Waals surface area contributed by atoms with Crippen molar-refractivity contribution in [3.63, 3.8) is 0 Å². The summed E-state index contributed by atoms with van der Waals surface area (Å²) in [6.07, 6.45) is 1.64. The fraction of sp³-hybridized carbons (Fsp3) is 0.500. The molecule has 114 valence electrons. The lowest BCUT2D eigenvalue weighted by Crippen LogP contribution is -2.27. The summed E-state index contributed by atoms with van der Waals surface area (Å²) in [5, 5.41) is 16.6. The highest BCUT2D eigenvalue weighted by Crippen LogP contribution is 2.31. The van der Waals surface area contributed by atoms with Crippen molar-refractivity contribution in [3.8, 4) is 0 Å². The van der Waals surface area contributed by atoms with Crippen molar-refractivity contribution in [1.29, 1.82) is 0 Å². The molecule has 1 aliphatic rings. The number of hydrogen-bond acceptors (Lipinski definition) is 4. The van der Waals surface area contributed by atoms with E-state index in [-0.39, 0.29) is 17.3 Å². The van der Waals surface area contributed by atoms with E-state index in [2.05, 4.69) is 10.6 Å². The molecular formula is C14H18FN3O3. The van der Waals surface area contributed by atoms with Crippen LogP contribution in [0.5, 0.6) is 0 Å². The molecule has 21 heavy (non-hydrogen) atoms. The van der Waals surface area contributed by atoms with Crippen LogP contribution in [0.1, 0.15) is 37.0 Å². The molecule has 1 aromatic carbocycles. The maximum atomic E-state index is 13.8. The van der Waals surface area contributed by atoms with E-state index in [0.29, 0.717) is 12.5 Å². The number of amides is 1. The van der Waals surface area contributed by atoms with Gasteiger partial charge in [-0.1, -0.05) is 13.8 Å². The second-order valence-electron chi connectivity index (χ2n) is 5.33. The van der Waals surface area contributed by atoms with Crippen molar-refractivity contribution < 1.29 is 14.1 Å². The first-order valence-electron chi connectivity index (χ1n) is 6.96. The lowest BCUT2D eigenvalue weighted by molar-refractivity contribution is -0.385. The molecule has 6 nitrogen and oxygen atoms in total. The Bertz CT molecular complexity index is 577. The Morgan fingerprint density at radius 1 is 1.52 bits per heavy atom. The minimum absolute atomic E-state index is 0.0502. The molecule has 0 heterocycles. The zero-order valence-electron chi connectivity index (χ0n) is 12.0. The molecule has 2 rings (SSSR count). The summed E-state index contributed by atoms with van der Waals surface area (Å²) in [5.41, 5.74) is -0.518. The predicted octanol–water partition coefficient (Wildman–Crippen LogP) is 2.69. The van der Waals surface area contributed by atoms with Crippen LogP contribution in [0.15, 0.2) is 12.1 Å². The van der Waals surface area contributed by atoms with Crippen LogP contribution in [0.4, 0.5) is 15.8 Å². The Morgan fingerprint density at radius 2 is 2.19 bits per heavy atom. The van der Waals surface area contributed by atoms with Crippen molar-refractivity contribution in [1.82, 2.24) is 5.32 Å². The summed E-state index contributed by atoms with van der Waals surface area (Å²) in [5.74, 6) is -0.881. The number of anilines is 1. The van der Waals surface area contributed by atoms with Gasteiger partial charge in [0.05, 0.1) is 16.7 Å². The number of nitrogens with one attached hydrogen (secondary N) is 2. The van der Waals surface area contributed by atoms with Gasteiger partial charge in [0, 0.05) is 12.6 Å². The zero-order valence-corrected chi connectivity index (χ0v) is 12.0. The number of nitrogens with zero attached hydrogens (tertiary/aromatic N) is 1. The van der Waals surface area contributed by atoms with Crippen LogP contribution in [-0.4, -0.2) is 23.4 Å². The molecule has 2 N–H and O–H groups in total. The molecule has 1 saturated carbocycles. The number of nitro groups is 1. The van der Waals surface area contributed by atoms with E-state index in [4.69, 9.17) is 0 Å². The molecule has 2 atom stereocenters.